The molecule has 0 N–H and O–H groups in total. The van der Waals surface area contributed by atoms with E-state index in [1.54, 1.807) is 0 Å². The van der Waals surface area contributed by atoms with Gasteiger partial charge in [-0.1, -0.05) is 30.3 Å². The van der Waals surface area contributed by atoms with Crippen LogP contribution in [0.1, 0.15) is 30.4 Å². The van der Waals surface area contributed by atoms with Crippen molar-refractivity contribution in [1.82, 2.24) is 4.98 Å². The highest BCUT2D eigenvalue weighted by Gasteiger charge is 2.29. The number of benzene rings is 1. The number of aromatic nitrogens is 1. The maximum absolute atomic E-state index is 12.2. The first-order valence-electron chi connectivity index (χ1n) is 9.05. The van der Waals surface area contributed by atoms with Crippen LogP contribution in [0, 0.1) is 27.4 Å². The van der Waals surface area contributed by atoms with E-state index in [2.05, 4.69) is 4.98 Å². The summed E-state index contributed by atoms with van der Waals surface area (Å²) in [5, 5.41) is 20.7. The van der Waals surface area contributed by atoms with Crippen LogP contribution in [0.2, 0.25) is 0 Å². The normalized spacial score (nSPS) is 16.2. The lowest BCUT2D eigenvalue weighted by molar-refractivity contribution is -0.384. The summed E-state index contributed by atoms with van der Waals surface area (Å²) in [6.45, 7) is 1.28. The van der Waals surface area contributed by atoms with Gasteiger partial charge in [-0.15, -0.1) is 0 Å². The Hall–Kier alpha value is -3.47. The highest BCUT2D eigenvalue weighted by atomic mass is 16.6. The monoisotopic (exact) mass is 380 g/mol. The summed E-state index contributed by atoms with van der Waals surface area (Å²) in [4.78, 5) is 28.7. The standard InChI is InChI=1S/C20H20N4O4/c21-10-17-11-22-12-18(24(26)27)20(17)23-8-4-7-16(13-23)9-19(25)28-14-15-5-2-1-3-6-15/h1-3,5-6,11-12,16H,4,7-9,13-14H2/t16-/m1/s1. The summed E-state index contributed by atoms with van der Waals surface area (Å²) in [6, 6.07) is 11.4. The third kappa shape index (κ3) is 4.62. The minimum atomic E-state index is -0.527. The van der Waals surface area contributed by atoms with E-state index in [1.807, 2.05) is 41.3 Å². The number of ether oxygens (including phenoxy) is 1. The van der Waals surface area contributed by atoms with Crippen molar-refractivity contribution in [3.63, 3.8) is 0 Å². The fourth-order valence-electron chi connectivity index (χ4n) is 3.46. The van der Waals surface area contributed by atoms with Crippen LogP contribution in [-0.4, -0.2) is 29.0 Å². The van der Waals surface area contributed by atoms with Gasteiger partial charge in [0.2, 0.25) is 0 Å². The first-order valence-corrected chi connectivity index (χ1v) is 9.05. The quantitative estimate of drug-likeness (QED) is 0.430. The number of nitriles is 1. The Balaban J connectivity index is 1.65. The van der Waals surface area contributed by atoms with Gasteiger partial charge in [0.15, 0.2) is 0 Å². The average Bonchev–Trinajstić information content (AvgIpc) is 2.72. The molecule has 1 aliphatic heterocycles. The minimum Gasteiger partial charge on any atom is -0.461 e. The van der Waals surface area contributed by atoms with Crippen molar-refractivity contribution >= 4 is 17.3 Å². The van der Waals surface area contributed by atoms with Crippen LogP contribution in [0.25, 0.3) is 0 Å². The number of hydrogen-bond donors (Lipinski definition) is 0. The topological polar surface area (TPSA) is 109 Å². The van der Waals surface area contributed by atoms with Gasteiger partial charge in [0.25, 0.3) is 0 Å². The van der Waals surface area contributed by atoms with Gasteiger partial charge in [-0.05, 0) is 24.3 Å². The Labute approximate surface area is 162 Å². The molecule has 1 aliphatic rings. The zero-order valence-corrected chi connectivity index (χ0v) is 15.3. The van der Waals surface area contributed by atoms with Crippen LogP contribution in [0.5, 0.6) is 0 Å². The second-order valence-electron chi connectivity index (χ2n) is 6.73. The zero-order chi connectivity index (χ0) is 19.9. The lowest BCUT2D eigenvalue weighted by Gasteiger charge is -2.34. The summed E-state index contributed by atoms with van der Waals surface area (Å²) in [5.74, 6) is -0.281. The van der Waals surface area contributed by atoms with Crippen molar-refractivity contribution < 1.29 is 14.5 Å². The summed E-state index contributed by atoms with van der Waals surface area (Å²) in [7, 11) is 0. The molecule has 1 atom stereocenters. The molecule has 8 nitrogen and oxygen atoms in total. The van der Waals surface area contributed by atoms with Crippen LogP contribution in [0.3, 0.4) is 0 Å². The molecule has 8 heteroatoms. The van der Waals surface area contributed by atoms with Gasteiger partial charge in [0.05, 0.1) is 11.3 Å². The number of pyridine rings is 1. The number of nitro groups is 1. The molecule has 144 valence electrons. The molecule has 0 unspecified atom stereocenters. The van der Waals surface area contributed by atoms with E-state index in [9.17, 15) is 20.2 Å². The second kappa shape index (κ2) is 8.95. The summed E-state index contributed by atoms with van der Waals surface area (Å²) in [6.07, 6.45) is 4.34. The number of hydrogen-bond acceptors (Lipinski definition) is 7. The molecule has 1 aromatic heterocycles. The molecule has 0 amide bonds. The number of piperidine rings is 1. The lowest BCUT2D eigenvalue weighted by Crippen LogP contribution is -2.37. The number of carbonyl (C=O) groups is 1. The Bertz CT molecular complexity index is 895. The molecule has 1 saturated heterocycles. The molecular formula is C20H20N4O4. The molecule has 2 aromatic rings. The number of esters is 1. The van der Waals surface area contributed by atoms with Crippen LogP contribution in [0.15, 0.2) is 42.7 Å². The van der Waals surface area contributed by atoms with Gasteiger partial charge >= 0.3 is 11.7 Å². The largest absolute Gasteiger partial charge is 0.461 e. The fraction of sp³-hybridized carbons (Fsp3) is 0.350. The molecule has 2 heterocycles. The summed E-state index contributed by atoms with van der Waals surface area (Å²) >= 11 is 0. The molecule has 0 saturated carbocycles. The van der Waals surface area contributed by atoms with Crippen molar-refractivity contribution in [2.24, 2.45) is 5.92 Å². The molecule has 0 aliphatic carbocycles. The van der Waals surface area contributed by atoms with Crippen LogP contribution in [0.4, 0.5) is 11.4 Å². The van der Waals surface area contributed by atoms with E-state index in [4.69, 9.17) is 4.74 Å². The lowest BCUT2D eigenvalue weighted by atomic mass is 9.94. The number of rotatable bonds is 6. The molecule has 0 bridgehead atoms. The van der Waals surface area contributed by atoms with Gasteiger partial charge in [0, 0.05) is 19.3 Å². The van der Waals surface area contributed by atoms with E-state index in [0.29, 0.717) is 13.1 Å². The molecule has 0 spiro atoms. The number of nitrogens with zero attached hydrogens (tertiary/aromatic N) is 4. The molecular weight excluding hydrogens is 360 g/mol. The van der Waals surface area contributed by atoms with E-state index in [-0.39, 0.29) is 41.9 Å². The predicted octanol–water partition coefficient (Wildman–Crippen LogP) is 3.21. The van der Waals surface area contributed by atoms with Crippen molar-refractivity contribution in [3.05, 3.63) is 64.0 Å². The molecule has 3 rings (SSSR count). The molecule has 1 fully saturated rings. The van der Waals surface area contributed by atoms with Crippen LogP contribution in [-0.2, 0) is 16.1 Å². The molecule has 28 heavy (non-hydrogen) atoms. The maximum Gasteiger partial charge on any atom is 0.312 e. The van der Waals surface area contributed by atoms with Crippen LogP contribution < -0.4 is 4.90 Å². The van der Waals surface area contributed by atoms with E-state index in [0.717, 1.165) is 24.6 Å². The Morgan fingerprint density at radius 1 is 1.36 bits per heavy atom. The molecule has 1 aromatic carbocycles. The SMILES string of the molecule is N#Cc1cncc([N+](=O)[O-])c1N1CCC[C@H](CC(=O)OCc2ccccc2)C1. The maximum atomic E-state index is 12.2. The first kappa shape index (κ1) is 19.3. The first-order chi connectivity index (χ1) is 13.6. The van der Waals surface area contributed by atoms with E-state index < -0.39 is 4.92 Å². The zero-order valence-electron chi connectivity index (χ0n) is 15.3. The third-order valence-electron chi connectivity index (χ3n) is 4.75. The highest BCUT2D eigenvalue weighted by molar-refractivity contribution is 5.72. The Morgan fingerprint density at radius 3 is 2.86 bits per heavy atom. The van der Waals surface area contributed by atoms with Gasteiger partial charge in [-0.25, -0.2) is 0 Å². The second-order valence-corrected chi connectivity index (χ2v) is 6.73. The number of anilines is 1. The summed E-state index contributed by atoms with van der Waals surface area (Å²) in [5.41, 5.74) is 1.19. The number of carbonyl (C=O) groups excluding carboxylic acids is 1. The van der Waals surface area contributed by atoms with E-state index in [1.165, 1.54) is 6.20 Å². The van der Waals surface area contributed by atoms with Gasteiger partial charge < -0.3 is 9.64 Å². The van der Waals surface area contributed by atoms with E-state index >= 15 is 0 Å². The predicted molar refractivity (Wildman–Crippen MR) is 101 cm³/mol. The van der Waals surface area contributed by atoms with Gasteiger partial charge in [-0.3, -0.25) is 19.9 Å². The van der Waals surface area contributed by atoms with Gasteiger partial charge in [0.1, 0.15) is 30.1 Å². The Morgan fingerprint density at radius 2 is 2.14 bits per heavy atom. The molecule has 0 radical (unpaired) electrons. The fourth-order valence-corrected chi connectivity index (χ4v) is 3.46. The van der Waals surface area contributed by atoms with Crippen LogP contribution >= 0.6 is 0 Å². The highest BCUT2D eigenvalue weighted by Crippen LogP contribution is 2.34. The van der Waals surface area contributed by atoms with Crippen molar-refractivity contribution in [3.8, 4) is 6.07 Å². The Kier molecular flexibility index (Phi) is 6.17. The van der Waals surface area contributed by atoms with Gasteiger partial charge in [-0.2, -0.15) is 5.26 Å². The third-order valence-corrected chi connectivity index (χ3v) is 4.75. The van der Waals surface area contributed by atoms with Crippen molar-refractivity contribution in [2.75, 3.05) is 18.0 Å². The van der Waals surface area contributed by atoms with Crippen molar-refractivity contribution in [2.45, 2.75) is 25.9 Å². The minimum absolute atomic E-state index is 0.0105. The smallest absolute Gasteiger partial charge is 0.312 e. The average molecular weight is 380 g/mol. The van der Waals surface area contributed by atoms with Crippen molar-refractivity contribution in [1.29, 1.82) is 5.26 Å². The summed E-state index contributed by atoms with van der Waals surface area (Å²) < 4.78 is 5.35.